The number of halogens is 2. The van der Waals surface area contributed by atoms with Gasteiger partial charge in [0.2, 0.25) is 0 Å². The molecule has 17 heavy (non-hydrogen) atoms. The third-order valence-electron chi connectivity index (χ3n) is 2.42. The van der Waals surface area contributed by atoms with E-state index in [4.69, 9.17) is 16.3 Å². The first-order valence-electron chi connectivity index (χ1n) is 5.28. The summed E-state index contributed by atoms with van der Waals surface area (Å²) in [4.78, 5) is 0. The first kappa shape index (κ1) is 11.9. The first-order chi connectivity index (χ1) is 8.19. The predicted octanol–water partition coefficient (Wildman–Crippen LogP) is 4.67. The zero-order valence-electron chi connectivity index (χ0n) is 9.41. The molecule has 0 fully saturated rings. The number of benzene rings is 2. The summed E-state index contributed by atoms with van der Waals surface area (Å²) >= 11 is 5.75. The molecule has 0 aliphatic heterocycles. The summed E-state index contributed by atoms with van der Waals surface area (Å²) < 4.78 is 18.7. The van der Waals surface area contributed by atoms with E-state index in [9.17, 15) is 4.39 Å². The smallest absolute Gasteiger partial charge is 0.132 e. The summed E-state index contributed by atoms with van der Waals surface area (Å²) in [5.74, 6) is 1.22. The van der Waals surface area contributed by atoms with Gasteiger partial charge in [-0.15, -0.1) is 11.6 Å². The van der Waals surface area contributed by atoms with E-state index in [1.807, 2.05) is 31.2 Å². The van der Waals surface area contributed by atoms with Crippen LogP contribution < -0.4 is 4.74 Å². The minimum atomic E-state index is -0.308. The fourth-order valence-electron chi connectivity index (χ4n) is 1.49. The molecule has 0 unspecified atom stereocenters. The molecule has 3 heteroatoms. The van der Waals surface area contributed by atoms with Crippen molar-refractivity contribution in [2.24, 2.45) is 0 Å². The molecule has 88 valence electrons. The number of rotatable bonds is 3. The largest absolute Gasteiger partial charge is 0.457 e. The monoisotopic (exact) mass is 250 g/mol. The summed E-state index contributed by atoms with van der Waals surface area (Å²) in [5, 5.41) is 0. The van der Waals surface area contributed by atoms with Gasteiger partial charge in [-0.2, -0.15) is 0 Å². The molecule has 0 radical (unpaired) electrons. The predicted molar refractivity (Wildman–Crippen MR) is 67.2 cm³/mol. The molecule has 2 aromatic rings. The Balaban J connectivity index is 2.26. The van der Waals surface area contributed by atoms with Crippen molar-refractivity contribution in [1.82, 2.24) is 0 Å². The Morgan fingerprint density at radius 3 is 2.47 bits per heavy atom. The molecule has 0 atom stereocenters. The minimum absolute atomic E-state index is 0.221. The highest BCUT2D eigenvalue weighted by atomic mass is 35.5. The van der Waals surface area contributed by atoms with Gasteiger partial charge < -0.3 is 4.74 Å². The third-order valence-corrected chi connectivity index (χ3v) is 2.70. The molecule has 0 aliphatic rings. The van der Waals surface area contributed by atoms with E-state index in [2.05, 4.69) is 0 Å². The lowest BCUT2D eigenvalue weighted by Crippen LogP contribution is -1.90. The van der Waals surface area contributed by atoms with Crippen LogP contribution in [0.15, 0.2) is 42.5 Å². The molecule has 1 nitrogen and oxygen atoms in total. The van der Waals surface area contributed by atoms with E-state index in [1.54, 1.807) is 6.07 Å². The summed E-state index contributed by atoms with van der Waals surface area (Å²) in [5.41, 5.74) is 1.81. The molecule has 0 saturated heterocycles. The van der Waals surface area contributed by atoms with E-state index < -0.39 is 0 Å². The normalized spacial score (nSPS) is 10.3. The summed E-state index contributed by atoms with van der Waals surface area (Å²) in [6.45, 7) is 2.01. The second-order valence-corrected chi connectivity index (χ2v) is 4.07. The lowest BCUT2D eigenvalue weighted by Gasteiger charge is -2.09. The van der Waals surface area contributed by atoms with Gasteiger partial charge in [-0.05, 0) is 37.3 Å². The van der Waals surface area contributed by atoms with Crippen LogP contribution in [-0.4, -0.2) is 0 Å². The maximum absolute atomic E-state index is 13.0. The molecule has 2 aromatic carbocycles. The van der Waals surface area contributed by atoms with Crippen molar-refractivity contribution in [2.75, 3.05) is 0 Å². The van der Waals surface area contributed by atoms with Crippen LogP contribution in [0.3, 0.4) is 0 Å². The van der Waals surface area contributed by atoms with Crippen LogP contribution in [0.1, 0.15) is 11.1 Å². The molecule has 0 aliphatic carbocycles. The molecule has 0 N–H and O–H groups in total. The lowest BCUT2D eigenvalue weighted by atomic mass is 10.2. The second-order valence-electron chi connectivity index (χ2n) is 3.80. The van der Waals surface area contributed by atoms with Crippen LogP contribution in [-0.2, 0) is 5.88 Å². The van der Waals surface area contributed by atoms with Gasteiger partial charge in [-0.3, -0.25) is 0 Å². The van der Waals surface area contributed by atoms with Crippen LogP contribution >= 0.6 is 11.6 Å². The highest BCUT2D eigenvalue weighted by Gasteiger charge is 2.05. The fraction of sp³-hybridized carbons (Fsp3) is 0.143. The lowest BCUT2D eigenvalue weighted by molar-refractivity contribution is 0.476. The molecule has 0 bridgehead atoms. The van der Waals surface area contributed by atoms with Gasteiger partial charge in [-0.1, -0.05) is 17.7 Å². The number of hydrogen-bond donors (Lipinski definition) is 0. The van der Waals surface area contributed by atoms with Gasteiger partial charge in [0, 0.05) is 5.56 Å². The summed E-state index contributed by atoms with van der Waals surface area (Å²) in [6.07, 6.45) is 0. The molecule has 0 amide bonds. The Morgan fingerprint density at radius 1 is 1.12 bits per heavy atom. The zero-order valence-corrected chi connectivity index (χ0v) is 10.2. The average Bonchev–Trinajstić information content (AvgIpc) is 2.34. The highest BCUT2D eigenvalue weighted by Crippen LogP contribution is 2.27. The Bertz CT molecular complexity index is 508. The van der Waals surface area contributed by atoms with Crippen LogP contribution in [0.25, 0.3) is 0 Å². The quantitative estimate of drug-likeness (QED) is 0.720. The second kappa shape index (κ2) is 5.19. The molecular weight excluding hydrogens is 239 g/mol. The van der Waals surface area contributed by atoms with Crippen molar-refractivity contribution in [1.29, 1.82) is 0 Å². The van der Waals surface area contributed by atoms with E-state index >= 15 is 0 Å². The third kappa shape index (κ3) is 2.98. The van der Waals surface area contributed by atoms with Gasteiger partial charge in [0.25, 0.3) is 0 Å². The molecule has 0 heterocycles. The van der Waals surface area contributed by atoms with E-state index in [-0.39, 0.29) is 11.7 Å². The van der Waals surface area contributed by atoms with Gasteiger partial charge in [-0.25, -0.2) is 4.39 Å². The molecule has 2 rings (SSSR count). The Hall–Kier alpha value is -1.54. The van der Waals surface area contributed by atoms with Crippen molar-refractivity contribution in [2.45, 2.75) is 12.8 Å². The zero-order chi connectivity index (χ0) is 12.3. The standard InChI is InChI=1S/C14H12ClFO/c1-10-2-5-13(6-3-10)17-14-7-4-12(16)8-11(14)9-15/h2-8H,9H2,1H3. The van der Waals surface area contributed by atoms with E-state index in [0.717, 1.165) is 5.56 Å². The SMILES string of the molecule is Cc1ccc(Oc2ccc(F)cc2CCl)cc1. The maximum Gasteiger partial charge on any atom is 0.132 e. The number of ether oxygens (including phenoxy) is 1. The molecule has 0 saturated carbocycles. The van der Waals surface area contributed by atoms with Gasteiger partial charge >= 0.3 is 0 Å². The van der Waals surface area contributed by atoms with Crippen molar-refractivity contribution >= 4 is 11.6 Å². The van der Waals surface area contributed by atoms with Crippen LogP contribution in [0.4, 0.5) is 4.39 Å². The average molecular weight is 251 g/mol. The number of hydrogen-bond acceptors (Lipinski definition) is 1. The summed E-state index contributed by atoms with van der Waals surface area (Å²) in [6, 6.07) is 12.0. The van der Waals surface area contributed by atoms with Crippen molar-refractivity contribution in [3.8, 4) is 11.5 Å². The van der Waals surface area contributed by atoms with Gasteiger partial charge in [0.15, 0.2) is 0 Å². The van der Waals surface area contributed by atoms with E-state index in [1.165, 1.54) is 12.1 Å². The van der Waals surface area contributed by atoms with Gasteiger partial charge in [0.05, 0.1) is 5.88 Å². The topological polar surface area (TPSA) is 9.23 Å². The van der Waals surface area contributed by atoms with Crippen molar-refractivity contribution in [3.05, 3.63) is 59.4 Å². The molecular formula is C14H12ClFO. The van der Waals surface area contributed by atoms with Crippen LogP contribution in [0.2, 0.25) is 0 Å². The minimum Gasteiger partial charge on any atom is -0.457 e. The highest BCUT2D eigenvalue weighted by molar-refractivity contribution is 6.17. The maximum atomic E-state index is 13.0. The Morgan fingerprint density at radius 2 is 1.82 bits per heavy atom. The number of alkyl halides is 1. The Labute approximate surface area is 105 Å². The first-order valence-corrected chi connectivity index (χ1v) is 5.81. The van der Waals surface area contributed by atoms with Crippen LogP contribution in [0.5, 0.6) is 11.5 Å². The molecule has 0 aromatic heterocycles. The van der Waals surface area contributed by atoms with E-state index in [0.29, 0.717) is 17.1 Å². The van der Waals surface area contributed by atoms with Crippen molar-refractivity contribution in [3.63, 3.8) is 0 Å². The fourth-order valence-corrected chi connectivity index (χ4v) is 1.69. The summed E-state index contributed by atoms with van der Waals surface area (Å²) in [7, 11) is 0. The number of aryl methyl sites for hydroxylation is 1. The van der Waals surface area contributed by atoms with Gasteiger partial charge in [0.1, 0.15) is 17.3 Å². The Kier molecular flexibility index (Phi) is 3.64. The van der Waals surface area contributed by atoms with Crippen LogP contribution in [0, 0.1) is 12.7 Å². The molecule has 0 spiro atoms. The van der Waals surface area contributed by atoms with Crippen molar-refractivity contribution < 1.29 is 9.13 Å².